The predicted octanol–water partition coefficient (Wildman–Crippen LogP) is 0.319. The van der Waals surface area contributed by atoms with Crippen molar-refractivity contribution in [1.82, 2.24) is 5.32 Å². The molecule has 0 radical (unpaired) electrons. The average molecular weight is 166 g/mol. The van der Waals surface area contributed by atoms with E-state index in [4.69, 9.17) is 10.00 Å². The van der Waals surface area contributed by atoms with Crippen molar-refractivity contribution in [1.29, 1.82) is 5.26 Å². The summed E-state index contributed by atoms with van der Waals surface area (Å²) in [4.78, 5) is 11.1. The molecule has 1 rings (SSSR count). The number of methoxy groups -OCH3 is 1. The molecule has 0 saturated carbocycles. The normalized spacial score (nSPS) is 28.7. The van der Waals surface area contributed by atoms with Crippen molar-refractivity contribution in [3.8, 4) is 6.07 Å². The molecule has 12 heavy (non-hydrogen) atoms. The van der Waals surface area contributed by atoms with Crippen LogP contribution in [0.2, 0.25) is 0 Å². The van der Waals surface area contributed by atoms with Gasteiger partial charge in [0.1, 0.15) is 11.6 Å². The van der Waals surface area contributed by atoms with Crippen LogP contribution >= 0.6 is 0 Å². The molecule has 1 heterocycles. The van der Waals surface area contributed by atoms with E-state index < -0.39 is 5.72 Å². The number of hydrogen-bond acceptors (Lipinski definition) is 3. The van der Waals surface area contributed by atoms with Crippen molar-refractivity contribution < 1.29 is 9.53 Å². The second kappa shape index (κ2) is 2.61. The number of carbonyl (C=O) groups excluding carboxylic acids is 1. The topological polar surface area (TPSA) is 62.1 Å². The minimum atomic E-state index is -0.803. The Labute approximate surface area is 70.8 Å². The summed E-state index contributed by atoms with van der Waals surface area (Å²) in [5.74, 6) is -0.362. The van der Waals surface area contributed by atoms with E-state index in [1.54, 1.807) is 13.8 Å². The quantitative estimate of drug-likeness (QED) is 0.610. The predicted molar refractivity (Wildman–Crippen MR) is 41.9 cm³/mol. The molecule has 1 aliphatic rings. The highest BCUT2D eigenvalue weighted by molar-refractivity contribution is 6.01. The largest absolute Gasteiger partial charge is 0.355 e. The van der Waals surface area contributed by atoms with Crippen molar-refractivity contribution in [2.24, 2.45) is 0 Å². The van der Waals surface area contributed by atoms with Crippen LogP contribution < -0.4 is 5.32 Å². The summed E-state index contributed by atoms with van der Waals surface area (Å²) in [6, 6.07) is 1.84. The molecule has 0 fully saturated rings. The van der Waals surface area contributed by atoms with Crippen LogP contribution in [0.25, 0.3) is 0 Å². The van der Waals surface area contributed by atoms with Crippen LogP contribution in [0.15, 0.2) is 11.1 Å². The fourth-order valence-electron chi connectivity index (χ4n) is 1.12. The van der Waals surface area contributed by atoms with Crippen molar-refractivity contribution in [3.63, 3.8) is 0 Å². The van der Waals surface area contributed by atoms with Gasteiger partial charge in [-0.1, -0.05) is 0 Å². The van der Waals surface area contributed by atoms with Crippen LogP contribution in [0.4, 0.5) is 0 Å². The van der Waals surface area contributed by atoms with Gasteiger partial charge in [0.25, 0.3) is 5.91 Å². The van der Waals surface area contributed by atoms with Gasteiger partial charge < -0.3 is 10.1 Å². The molecule has 1 aliphatic heterocycles. The molecule has 0 aliphatic carbocycles. The Bertz CT molecular complexity index is 301. The lowest BCUT2D eigenvalue weighted by Crippen LogP contribution is -2.42. The number of nitrogens with zero attached hydrogens (tertiary/aromatic N) is 1. The van der Waals surface area contributed by atoms with Crippen LogP contribution in [0.3, 0.4) is 0 Å². The highest BCUT2D eigenvalue weighted by Crippen LogP contribution is 2.26. The minimum Gasteiger partial charge on any atom is -0.355 e. The van der Waals surface area contributed by atoms with E-state index in [2.05, 4.69) is 5.32 Å². The minimum absolute atomic E-state index is 0.152. The zero-order chi connectivity index (χ0) is 9.35. The number of nitrogens with one attached hydrogen (secondary N) is 1. The van der Waals surface area contributed by atoms with Crippen LogP contribution in [0, 0.1) is 11.3 Å². The molecule has 0 bridgehead atoms. The zero-order valence-electron chi connectivity index (χ0n) is 7.26. The molecule has 0 spiro atoms. The van der Waals surface area contributed by atoms with Crippen molar-refractivity contribution in [3.05, 3.63) is 11.1 Å². The number of ether oxygens (including phenoxy) is 1. The van der Waals surface area contributed by atoms with E-state index >= 15 is 0 Å². The molecule has 1 atom stereocenters. The third kappa shape index (κ3) is 0.990. The van der Waals surface area contributed by atoms with Gasteiger partial charge >= 0.3 is 0 Å². The molecule has 1 amide bonds. The van der Waals surface area contributed by atoms with Gasteiger partial charge in [-0.05, 0) is 13.8 Å². The molecule has 0 aromatic carbocycles. The summed E-state index contributed by atoms with van der Waals surface area (Å²) in [6.07, 6.45) is 0. The van der Waals surface area contributed by atoms with E-state index in [0.29, 0.717) is 5.57 Å². The van der Waals surface area contributed by atoms with Crippen molar-refractivity contribution in [2.45, 2.75) is 19.6 Å². The molecule has 0 aromatic heterocycles. The van der Waals surface area contributed by atoms with Gasteiger partial charge in [-0.15, -0.1) is 0 Å². The Kier molecular flexibility index (Phi) is 1.90. The third-order valence-corrected chi connectivity index (χ3v) is 2.19. The molecule has 0 aromatic rings. The van der Waals surface area contributed by atoms with E-state index in [-0.39, 0.29) is 11.5 Å². The Hall–Kier alpha value is -1.34. The SMILES string of the molecule is COC1(C)NC(=O)C(C#N)=C1C. The van der Waals surface area contributed by atoms with Gasteiger partial charge in [-0.25, -0.2) is 0 Å². The highest BCUT2D eigenvalue weighted by atomic mass is 16.5. The van der Waals surface area contributed by atoms with Crippen molar-refractivity contribution in [2.75, 3.05) is 7.11 Å². The molecular weight excluding hydrogens is 156 g/mol. The van der Waals surface area contributed by atoms with Gasteiger partial charge in [0.2, 0.25) is 0 Å². The van der Waals surface area contributed by atoms with E-state index in [1.807, 2.05) is 6.07 Å². The molecule has 64 valence electrons. The molecule has 1 N–H and O–H groups in total. The number of amides is 1. The van der Waals surface area contributed by atoms with Crippen LogP contribution in [0.5, 0.6) is 0 Å². The molecule has 0 saturated heterocycles. The monoisotopic (exact) mass is 166 g/mol. The van der Waals surface area contributed by atoms with Crippen molar-refractivity contribution >= 4 is 5.91 Å². The summed E-state index contributed by atoms with van der Waals surface area (Å²) in [6.45, 7) is 3.42. The summed E-state index contributed by atoms with van der Waals surface area (Å²) in [5.41, 5.74) is -0.0147. The number of rotatable bonds is 1. The maximum absolute atomic E-state index is 11.1. The summed E-state index contributed by atoms with van der Waals surface area (Å²) in [5, 5.41) is 11.2. The maximum atomic E-state index is 11.1. The van der Waals surface area contributed by atoms with Crippen LogP contribution in [-0.2, 0) is 9.53 Å². The summed E-state index contributed by atoms with van der Waals surface area (Å²) < 4.78 is 5.07. The van der Waals surface area contributed by atoms with Crippen LogP contribution in [0.1, 0.15) is 13.8 Å². The first-order valence-corrected chi connectivity index (χ1v) is 3.54. The fourth-order valence-corrected chi connectivity index (χ4v) is 1.12. The first kappa shape index (κ1) is 8.75. The summed E-state index contributed by atoms with van der Waals surface area (Å²) in [7, 11) is 1.49. The first-order valence-electron chi connectivity index (χ1n) is 3.54. The fraction of sp³-hybridized carbons (Fsp3) is 0.500. The number of nitriles is 1. The Balaban J connectivity index is 3.15. The lowest BCUT2D eigenvalue weighted by atomic mass is 10.1. The smallest absolute Gasteiger partial charge is 0.264 e. The standard InChI is InChI=1S/C8H10N2O2/c1-5-6(4-9)7(11)10-8(5,2)12-3/h1-3H3,(H,10,11). The number of carbonyl (C=O) groups is 1. The van der Waals surface area contributed by atoms with E-state index in [9.17, 15) is 4.79 Å². The number of hydrogen-bond donors (Lipinski definition) is 1. The van der Waals surface area contributed by atoms with Gasteiger partial charge in [0.05, 0.1) is 0 Å². The summed E-state index contributed by atoms with van der Waals surface area (Å²) >= 11 is 0. The lowest BCUT2D eigenvalue weighted by molar-refractivity contribution is -0.121. The van der Waals surface area contributed by atoms with E-state index in [1.165, 1.54) is 7.11 Å². The first-order chi connectivity index (χ1) is 5.55. The molecule has 4 nitrogen and oxygen atoms in total. The Morgan fingerprint density at radius 1 is 1.67 bits per heavy atom. The van der Waals surface area contributed by atoms with Gasteiger partial charge in [0.15, 0.2) is 5.72 Å². The third-order valence-electron chi connectivity index (χ3n) is 2.19. The molecule has 4 heteroatoms. The van der Waals surface area contributed by atoms with Gasteiger partial charge in [-0.3, -0.25) is 4.79 Å². The van der Waals surface area contributed by atoms with Crippen LogP contribution in [-0.4, -0.2) is 18.7 Å². The van der Waals surface area contributed by atoms with Gasteiger partial charge in [-0.2, -0.15) is 5.26 Å². The van der Waals surface area contributed by atoms with Gasteiger partial charge in [0, 0.05) is 12.7 Å². The average Bonchev–Trinajstić information content (AvgIpc) is 2.25. The second-order valence-electron chi connectivity index (χ2n) is 2.80. The van der Waals surface area contributed by atoms with E-state index in [0.717, 1.165) is 0 Å². The molecule has 1 unspecified atom stereocenters. The zero-order valence-corrected chi connectivity index (χ0v) is 7.26. The Morgan fingerprint density at radius 3 is 2.50 bits per heavy atom. The lowest BCUT2D eigenvalue weighted by Gasteiger charge is -2.23. The highest BCUT2D eigenvalue weighted by Gasteiger charge is 2.39. The maximum Gasteiger partial charge on any atom is 0.264 e. The second-order valence-corrected chi connectivity index (χ2v) is 2.80. The Morgan fingerprint density at radius 2 is 2.25 bits per heavy atom. The molecular formula is C8H10N2O2.